The van der Waals surface area contributed by atoms with Crippen molar-refractivity contribution < 1.29 is 4.79 Å². The lowest BCUT2D eigenvalue weighted by atomic mass is 10.2. The molecule has 0 radical (unpaired) electrons. The number of aromatic nitrogens is 2. The predicted molar refractivity (Wildman–Crippen MR) is 60.3 cm³/mol. The molecule has 4 heteroatoms. The van der Waals surface area contributed by atoms with Gasteiger partial charge in [-0.2, -0.15) is 0 Å². The maximum Gasteiger partial charge on any atom is 0.164 e. The van der Waals surface area contributed by atoms with Crippen LogP contribution in [0.1, 0.15) is 29.4 Å². The Labute approximate surface area is 92.4 Å². The second-order valence-electron chi connectivity index (χ2n) is 3.33. The van der Waals surface area contributed by atoms with E-state index in [-0.39, 0.29) is 5.78 Å². The summed E-state index contributed by atoms with van der Waals surface area (Å²) in [7, 11) is 0. The molecular formula is C11H12N2OS. The maximum atomic E-state index is 11.4. The summed E-state index contributed by atoms with van der Waals surface area (Å²) >= 11 is 1.59. The van der Waals surface area contributed by atoms with E-state index >= 15 is 0 Å². The van der Waals surface area contributed by atoms with E-state index in [0.717, 1.165) is 17.8 Å². The van der Waals surface area contributed by atoms with Crippen LogP contribution < -0.4 is 0 Å². The molecule has 15 heavy (non-hydrogen) atoms. The van der Waals surface area contributed by atoms with Crippen molar-refractivity contribution in [3.05, 3.63) is 40.6 Å². The van der Waals surface area contributed by atoms with Crippen molar-refractivity contribution in [2.75, 3.05) is 0 Å². The third kappa shape index (κ3) is 2.33. The lowest BCUT2D eigenvalue weighted by Gasteiger charge is -1.98. The number of ketones is 1. The van der Waals surface area contributed by atoms with Crippen LogP contribution in [0.2, 0.25) is 0 Å². The second kappa shape index (κ2) is 4.40. The van der Waals surface area contributed by atoms with Crippen LogP contribution in [-0.4, -0.2) is 15.3 Å². The highest BCUT2D eigenvalue weighted by Crippen LogP contribution is 2.08. The lowest BCUT2D eigenvalue weighted by Crippen LogP contribution is -1.98. The van der Waals surface area contributed by atoms with Crippen LogP contribution >= 0.6 is 11.3 Å². The topological polar surface area (TPSA) is 34.9 Å². The summed E-state index contributed by atoms with van der Waals surface area (Å²) in [5.74, 6) is 0.187. The van der Waals surface area contributed by atoms with Crippen LogP contribution in [0.15, 0.2) is 29.4 Å². The Morgan fingerprint density at radius 1 is 1.60 bits per heavy atom. The molecule has 0 saturated heterocycles. The van der Waals surface area contributed by atoms with Crippen LogP contribution in [0.3, 0.4) is 0 Å². The van der Waals surface area contributed by atoms with E-state index in [4.69, 9.17) is 0 Å². The summed E-state index contributed by atoms with van der Waals surface area (Å²) in [6, 6.07) is 1.86. The third-order valence-corrected chi connectivity index (χ3v) is 2.86. The number of hydrogen-bond acceptors (Lipinski definition) is 3. The van der Waals surface area contributed by atoms with Gasteiger partial charge in [-0.1, -0.05) is 6.92 Å². The first-order chi connectivity index (χ1) is 7.29. The Kier molecular flexibility index (Phi) is 2.97. The van der Waals surface area contributed by atoms with E-state index in [2.05, 4.69) is 4.98 Å². The highest BCUT2D eigenvalue weighted by atomic mass is 32.1. The Morgan fingerprint density at radius 3 is 3.13 bits per heavy atom. The largest absolute Gasteiger partial charge is 0.348 e. The van der Waals surface area contributed by atoms with Gasteiger partial charge in [0.05, 0.1) is 17.7 Å². The monoisotopic (exact) mass is 220 g/mol. The zero-order chi connectivity index (χ0) is 10.7. The first-order valence-corrected chi connectivity index (χ1v) is 5.80. The lowest BCUT2D eigenvalue weighted by molar-refractivity contribution is 0.0988. The molecule has 2 rings (SSSR count). The van der Waals surface area contributed by atoms with Crippen molar-refractivity contribution in [1.29, 1.82) is 0 Å². The fraction of sp³-hybridized carbons (Fsp3) is 0.273. The molecule has 3 nitrogen and oxygen atoms in total. The van der Waals surface area contributed by atoms with Gasteiger partial charge in [-0.15, -0.1) is 11.3 Å². The van der Waals surface area contributed by atoms with Gasteiger partial charge in [0, 0.05) is 29.8 Å². The number of Topliss-reactive ketones (excluding diaryl/α,β-unsaturated/α-hetero) is 1. The first-order valence-electron chi connectivity index (χ1n) is 4.85. The molecule has 0 unspecified atom stereocenters. The molecule has 78 valence electrons. The van der Waals surface area contributed by atoms with Crippen molar-refractivity contribution in [1.82, 2.24) is 9.55 Å². The van der Waals surface area contributed by atoms with E-state index in [0.29, 0.717) is 6.42 Å². The van der Waals surface area contributed by atoms with Gasteiger partial charge in [-0.05, 0) is 6.07 Å². The van der Waals surface area contributed by atoms with Gasteiger partial charge in [0.2, 0.25) is 0 Å². The summed E-state index contributed by atoms with van der Waals surface area (Å²) in [4.78, 5) is 15.6. The van der Waals surface area contributed by atoms with E-state index in [9.17, 15) is 4.79 Å². The fourth-order valence-electron chi connectivity index (χ4n) is 1.41. The second-order valence-corrected chi connectivity index (χ2v) is 4.05. The molecule has 2 heterocycles. The van der Waals surface area contributed by atoms with Crippen LogP contribution in [-0.2, 0) is 6.54 Å². The third-order valence-electron chi connectivity index (χ3n) is 2.22. The summed E-state index contributed by atoms with van der Waals surface area (Å²) < 4.78 is 1.98. The van der Waals surface area contributed by atoms with Crippen molar-refractivity contribution in [3.63, 3.8) is 0 Å². The maximum absolute atomic E-state index is 11.4. The van der Waals surface area contributed by atoms with Crippen molar-refractivity contribution in [3.8, 4) is 0 Å². The van der Waals surface area contributed by atoms with Crippen LogP contribution in [0.5, 0.6) is 0 Å². The minimum atomic E-state index is 0.187. The van der Waals surface area contributed by atoms with Gasteiger partial charge in [-0.25, -0.2) is 4.98 Å². The number of nitrogens with zero attached hydrogens (tertiary/aromatic N) is 2. The molecule has 0 fully saturated rings. The van der Waals surface area contributed by atoms with Gasteiger partial charge in [-0.3, -0.25) is 4.79 Å². The van der Waals surface area contributed by atoms with E-state index in [1.165, 1.54) is 0 Å². The quantitative estimate of drug-likeness (QED) is 0.742. The Morgan fingerprint density at radius 2 is 2.47 bits per heavy atom. The number of rotatable bonds is 4. The molecule has 0 bridgehead atoms. The van der Waals surface area contributed by atoms with Crippen LogP contribution in [0.4, 0.5) is 0 Å². The molecule has 0 aliphatic heterocycles. The molecule has 0 aliphatic rings. The molecule has 0 spiro atoms. The smallest absolute Gasteiger partial charge is 0.164 e. The van der Waals surface area contributed by atoms with E-state index in [1.54, 1.807) is 11.3 Å². The molecule has 0 N–H and O–H groups in total. The molecular weight excluding hydrogens is 208 g/mol. The van der Waals surface area contributed by atoms with Crippen molar-refractivity contribution in [2.45, 2.75) is 19.9 Å². The summed E-state index contributed by atoms with van der Waals surface area (Å²) in [5.41, 5.74) is 3.63. The minimum Gasteiger partial charge on any atom is -0.348 e. The summed E-state index contributed by atoms with van der Waals surface area (Å²) in [6.07, 6.45) is 4.36. The molecule has 2 aromatic heterocycles. The van der Waals surface area contributed by atoms with Gasteiger partial charge in [0.15, 0.2) is 5.78 Å². The zero-order valence-corrected chi connectivity index (χ0v) is 9.33. The minimum absolute atomic E-state index is 0.187. The summed E-state index contributed by atoms with van der Waals surface area (Å²) in [5, 5.41) is 2.02. The van der Waals surface area contributed by atoms with Crippen molar-refractivity contribution in [2.24, 2.45) is 0 Å². The summed E-state index contributed by atoms with van der Waals surface area (Å²) in [6.45, 7) is 2.61. The first kappa shape index (κ1) is 10.1. The molecule has 0 saturated carbocycles. The Balaban J connectivity index is 2.11. The number of thiazole rings is 1. The molecule has 0 aromatic carbocycles. The van der Waals surface area contributed by atoms with E-state index < -0.39 is 0 Å². The zero-order valence-electron chi connectivity index (χ0n) is 8.51. The standard InChI is InChI=1S/C11H12N2OS/c1-2-11(14)9-3-4-13(5-9)6-10-7-15-8-12-10/h3-5,7-8H,2,6H2,1H3. The van der Waals surface area contributed by atoms with Gasteiger partial charge in [0.1, 0.15) is 0 Å². The van der Waals surface area contributed by atoms with Gasteiger partial charge < -0.3 is 4.57 Å². The molecule has 0 amide bonds. The van der Waals surface area contributed by atoms with Crippen molar-refractivity contribution >= 4 is 17.1 Å². The fourth-order valence-corrected chi connectivity index (χ4v) is 1.96. The molecule has 2 aromatic rings. The van der Waals surface area contributed by atoms with E-state index in [1.807, 2.05) is 40.8 Å². The van der Waals surface area contributed by atoms with Crippen LogP contribution in [0.25, 0.3) is 0 Å². The average Bonchev–Trinajstić information content (AvgIpc) is 2.88. The Bertz CT molecular complexity index is 445. The predicted octanol–water partition coefficient (Wildman–Crippen LogP) is 2.59. The number of hydrogen-bond donors (Lipinski definition) is 0. The highest BCUT2D eigenvalue weighted by Gasteiger charge is 2.05. The normalized spacial score (nSPS) is 10.5. The molecule has 0 atom stereocenters. The number of carbonyl (C=O) groups excluding carboxylic acids is 1. The van der Waals surface area contributed by atoms with Gasteiger partial charge in [0.25, 0.3) is 0 Å². The average molecular weight is 220 g/mol. The number of carbonyl (C=O) groups is 1. The van der Waals surface area contributed by atoms with Crippen LogP contribution in [0, 0.1) is 0 Å². The van der Waals surface area contributed by atoms with Gasteiger partial charge >= 0.3 is 0 Å². The Hall–Kier alpha value is -1.42. The SMILES string of the molecule is CCC(=O)c1ccn(Cc2cscn2)c1. The highest BCUT2D eigenvalue weighted by molar-refractivity contribution is 7.07. The molecule has 0 aliphatic carbocycles.